The van der Waals surface area contributed by atoms with Gasteiger partial charge in [0.15, 0.2) is 0 Å². The van der Waals surface area contributed by atoms with Crippen LogP contribution in [-0.4, -0.2) is 30.9 Å². The molecule has 0 aliphatic heterocycles. The summed E-state index contributed by atoms with van der Waals surface area (Å²) in [5, 5.41) is 3.09. The zero-order valence-corrected chi connectivity index (χ0v) is 13.5. The molecule has 1 aromatic rings. The maximum Gasteiger partial charge on any atom is 0.326 e. The number of rotatable bonds is 9. The lowest BCUT2D eigenvalue weighted by Crippen LogP contribution is -2.48. The largest absolute Gasteiger partial charge is 0.465 e. The molecule has 3 nitrogen and oxygen atoms in total. The molecule has 0 heterocycles. The van der Waals surface area contributed by atoms with Gasteiger partial charge in [0.25, 0.3) is 0 Å². The van der Waals surface area contributed by atoms with Crippen LogP contribution in [0.15, 0.2) is 35.2 Å². The summed E-state index contributed by atoms with van der Waals surface area (Å²) < 4.78 is 5.12. The SMILES string of the molecule is CCOC(=O)C(C)(CCCCSc1ccccc1)NC. The zero-order valence-electron chi connectivity index (χ0n) is 12.6. The summed E-state index contributed by atoms with van der Waals surface area (Å²) in [7, 11) is 1.82. The first kappa shape index (κ1) is 17.1. The highest BCUT2D eigenvalue weighted by Gasteiger charge is 2.31. The van der Waals surface area contributed by atoms with Gasteiger partial charge in [-0.2, -0.15) is 0 Å². The van der Waals surface area contributed by atoms with Gasteiger partial charge in [-0.25, -0.2) is 0 Å². The number of ether oxygens (including phenoxy) is 1. The molecule has 0 amide bonds. The molecule has 0 aliphatic carbocycles. The fraction of sp³-hybridized carbons (Fsp3) is 0.562. The van der Waals surface area contributed by atoms with Crippen LogP contribution in [0.5, 0.6) is 0 Å². The van der Waals surface area contributed by atoms with Crippen molar-refractivity contribution < 1.29 is 9.53 Å². The summed E-state index contributed by atoms with van der Waals surface area (Å²) in [4.78, 5) is 13.2. The first-order valence-electron chi connectivity index (χ1n) is 7.16. The molecule has 1 unspecified atom stereocenters. The second-order valence-corrected chi connectivity index (χ2v) is 6.09. The Kier molecular flexibility index (Phi) is 7.70. The molecule has 20 heavy (non-hydrogen) atoms. The van der Waals surface area contributed by atoms with Gasteiger partial charge in [0, 0.05) is 4.90 Å². The van der Waals surface area contributed by atoms with E-state index in [9.17, 15) is 4.79 Å². The minimum absolute atomic E-state index is 0.154. The average Bonchev–Trinajstić information content (AvgIpc) is 2.48. The van der Waals surface area contributed by atoms with Crippen LogP contribution in [0.3, 0.4) is 0 Å². The minimum Gasteiger partial charge on any atom is -0.465 e. The smallest absolute Gasteiger partial charge is 0.326 e. The van der Waals surface area contributed by atoms with E-state index >= 15 is 0 Å². The van der Waals surface area contributed by atoms with Crippen molar-refractivity contribution >= 4 is 17.7 Å². The Morgan fingerprint density at radius 3 is 2.60 bits per heavy atom. The van der Waals surface area contributed by atoms with Crippen molar-refractivity contribution in [2.45, 2.75) is 43.5 Å². The average molecular weight is 295 g/mol. The van der Waals surface area contributed by atoms with Gasteiger partial charge in [-0.05, 0) is 51.6 Å². The van der Waals surface area contributed by atoms with Crippen molar-refractivity contribution in [1.29, 1.82) is 0 Å². The maximum absolute atomic E-state index is 11.9. The second kappa shape index (κ2) is 9.03. The molecule has 0 saturated carbocycles. The van der Waals surface area contributed by atoms with E-state index in [0.29, 0.717) is 6.61 Å². The lowest BCUT2D eigenvalue weighted by Gasteiger charge is -2.26. The van der Waals surface area contributed by atoms with Gasteiger partial charge in [0.1, 0.15) is 5.54 Å². The van der Waals surface area contributed by atoms with E-state index in [-0.39, 0.29) is 5.97 Å². The van der Waals surface area contributed by atoms with E-state index in [0.717, 1.165) is 25.0 Å². The van der Waals surface area contributed by atoms with Crippen molar-refractivity contribution in [2.24, 2.45) is 0 Å². The van der Waals surface area contributed by atoms with Gasteiger partial charge in [-0.3, -0.25) is 4.79 Å². The topological polar surface area (TPSA) is 38.3 Å². The van der Waals surface area contributed by atoms with Crippen molar-refractivity contribution in [3.05, 3.63) is 30.3 Å². The van der Waals surface area contributed by atoms with E-state index in [4.69, 9.17) is 4.74 Å². The van der Waals surface area contributed by atoms with Gasteiger partial charge in [-0.15, -0.1) is 11.8 Å². The highest BCUT2D eigenvalue weighted by molar-refractivity contribution is 7.99. The Morgan fingerprint density at radius 1 is 1.30 bits per heavy atom. The van der Waals surface area contributed by atoms with Crippen molar-refractivity contribution in [2.75, 3.05) is 19.4 Å². The Hall–Kier alpha value is -1.00. The molecular weight excluding hydrogens is 270 g/mol. The van der Waals surface area contributed by atoms with Crippen LogP contribution in [0.25, 0.3) is 0 Å². The normalized spacial score (nSPS) is 13.8. The zero-order chi connectivity index (χ0) is 14.8. The Bertz CT molecular complexity index is 397. The molecular formula is C16H25NO2S. The highest BCUT2D eigenvalue weighted by Crippen LogP contribution is 2.21. The number of thioether (sulfide) groups is 1. The lowest BCUT2D eigenvalue weighted by atomic mass is 9.95. The van der Waals surface area contributed by atoms with Crippen LogP contribution >= 0.6 is 11.8 Å². The van der Waals surface area contributed by atoms with E-state index in [1.165, 1.54) is 4.90 Å². The molecule has 0 saturated heterocycles. The third-order valence-electron chi connectivity index (χ3n) is 3.36. The first-order chi connectivity index (χ1) is 9.62. The van der Waals surface area contributed by atoms with Gasteiger partial charge in [0.2, 0.25) is 0 Å². The number of esters is 1. The molecule has 0 radical (unpaired) electrons. The molecule has 0 fully saturated rings. The van der Waals surface area contributed by atoms with E-state index in [2.05, 4.69) is 29.6 Å². The number of carbonyl (C=O) groups is 1. The Labute approximate surface area is 126 Å². The summed E-state index contributed by atoms with van der Waals surface area (Å²) in [6.45, 7) is 4.18. The van der Waals surface area contributed by atoms with Gasteiger partial charge >= 0.3 is 5.97 Å². The van der Waals surface area contributed by atoms with Crippen LogP contribution in [0.1, 0.15) is 33.1 Å². The molecule has 0 aliphatic rings. The predicted octanol–water partition coefficient (Wildman–Crippen LogP) is 3.49. The fourth-order valence-electron chi connectivity index (χ4n) is 1.91. The van der Waals surface area contributed by atoms with Crippen LogP contribution in [0.2, 0.25) is 0 Å². The van der Waals surface area contributed by atoms with Crippen LogP contribution in [0.4, 0.5) is 0 Å². The third-order valence-corrected chi connectivity index (χ3v) is 4.46. The fourth-order valence-corrected chi connectivity index (χ4v) is 2.84. The quantitative estimate of drug-likeness (QED) is 0.430. The number of likely N-dealkylation sites (N-methyl/N-ethyl adjacent to an activating group) is 1. The summed E-state index contributed by atoms with van der Waals surface area (Å²) in [5.74, 6) is 0.922. The van der Waals surface area contributed by atoms with E-state index < -0.39 is 5.54 Å². The lowest BCUT2D eigenvalue weighted by molar-refractivity contribution is -0.150. The molecule has 4 heteroatoms. The summed E-state index contributed by atoms with van der Waals surface area (Å²) in [5.41, 5.74) is -0.562. The summed E-state index contributed by atoms with van der Waals surface area (Å²) in [6, 6.07) is 10.4. The van der Waals surface area contributed by atoms with Crippen LogP contribution in [-0.2, 0) is 9.53 Å². The number of hydrogen-bond acceptors (Lipinski definition) is 4. The van der Waals surface area contributed by atoms with Crippen molar-refractivity contribution in [3.8, 4) is 0 Å². The van der Waals surface area contributed by atoms with Crippen LogP contribution < -0.4 is 5.32 Å². The first-order valence-corrected chi connectivity index (χ1v) is 8.15. The van der Waals surface area contributed by atoms with Gasteiger partial charge in [0.05, 0.1) is 6.61 Å². The molecule has 0 bridgehead atoms. The number of nitrogens with one attached hydrogen (secondary N) is 1. The summed E-state index contributed by atoms with van der Waals surface area (Å²) >= 11 is 1.86. The standard InChI is InChI=1S/C16H25NO2S/c1-4-19-15(18)16(2,17-3)12-8-9-13-20-14-10-6-5-7-11-14/h5-7,10-11,17H,4,8-9,12-13H2,1-3H3. The molecule has 1 atom stereocenters. The van der Waals surface area contributed by atoms with Gasteiger partial charge < -0.3 is 10.1 Å². The molecule has 0 aromatic heterocycles. The number of carbonyl (C=O) groups excluding carboxylic acids is 1. The van der Waals surface area contributed by atoms with Gasteiger partial charge in [-0.1, -0.05) is 24.6 Å². The molecule has 1 rings (SSSR count). The number of hydrogen-bond donors (Lipinski definition) is 1. The minimum atomic E-state index is -0.562. The predicted molar refractivity (Wildman–Crippen MR) is 85.1 cm³/mol. The number of unbranched alkanes of at least 4 members (excludes halogenated alkanes) is 1. The molecule has 112 valence electrons. The highest BCUT2D eigenvalue weighted by atomic mass is 32.2. The van der Waals surface area contributed by atoms with Crippen LogP contribution in [0, 0.1) is 0 Å². The van der Waals surface area contributed by atoms with E-state index in [1.54, 1.807) is 0 Å². The summed E-state index contributed by atoms with van der Waals surface area (Å²) in [6.07, 6.45) is 2.91. The van der Waals surface area contributed by atoms with Crippen molar-refractivity contribution in [3.63, 3.8) is 0 Å². The third kappa shape index (κ3) is 5.55. The second-order valence-electron chi connectivity index (χ2n) is 4.92. The molecule has 1 aromatic carbocycles. The molecule has 0 spiro atoms. The maximum atomic E-state index is 11.9. The Morgan fingerprint density at radius 2 is 2.00 bits per heavy atom. The number of benzene rings is 1. The molecule has 1 N–H and O–H groups in total. The van der Waals surface area contributed by atoms with E-state index in [1.807, 2.05) is 38.7 Å². The Balaban J connectivity index is 2.26. The van der Waals surface area contributed by atoms with Crippen molar-refractivity contribution in [1.82, 2.24) is 5.32 Å². The monoisotopic (exact) mass is 295 g/mol.